The first-order chi connectivity index (χ1) is 14.6. The van der Waals surface area contributed by atoms with Gasteiger partial charge in [-0.25, -0.2) is 0 Å². The van der Waals surface area contributed by atoms with Crippen LogP contribution in [0.3, 0.4) is 0 Å². The van der Waals surface area contributed by atoms with E-state index in [0.717, 1.165) is 49.2 Å². The second-order valence-corrected chi connectivity index (χ2v) is 8.85. The monoisotopic (exact) mass is 425 g/mol. The van der Waals surface area contributed by atoms with E-state index in [2.05, 4.69) is 5.32 Å². The number of piperidine rings is 1. The Morgan fingerprint density at radius 2 is 1.90 bits per heavy atom. The molecule has 1 atom stereocenters. The van der Waals surface area contributed by atoms with Gasteiger partial charge in [-0.1, -0.05) is 19.1 Å². The number of nitrogens with zero attached hydrogens (tertiary/aromatic N) is 2. The number of hydrogen-bond donors (Lipinski definition) is 1. The van der Waals surface area contributed by atoms with Crippen LogP contribution < -0.4 is 5.32 Å². The van der Waals surface area contributed by atoms with Gasteiger partial charge in [-0.3, -0.25) is 14.4 Å². The quantitative estimate of drug-likeness (QED) is 0.812. The van der Waals surface area contributed by atoms with E-state index in [1.165, 1.54) is 11.3 Å². The Labute approximate surface area is 180 Å². The first-order valence-corrected chi connectivity index (χ1v) is 11.5. The van der Waals surface area contributed by atoms with Crippen LogP contribution in [0.1, 0.15) is 53.4 Å². The Morgan fingerprint density at radius 1 is 1.10 bits per heavy atom. The molecule has 0 saturated carbocycles. The minimum atomic E-state index is -0.485. The van der Waals surface area contributed by atoms with Crippen LogP contribution in [0.2, 0.25) is 0 Å². The summed E-state index contributed by atoms with van der Waals surface area (Å²) in [4.78, 5) is 42.7. The Morgan fingerprint density at radius 3 is 2.60 bits per heavy atom. The molecule has 1 fully saturated rings. The number of carbonyl (C=O) groups is 3. The fraction of sp³-hybridized carbons (Fsp3) is 0.435. The van der Waals surface area contributed by atoms with Crippen LogP contribution in [0, 0.1) is 0 Å². The van der Waals surface area contributed by atoms with Crippen molar-refractivity contribution >= 4 is 34.7 Å². The molecule has 4 rings (SSSR count). The third-order valence-corrected chi connectivity index (χ3v) is 6.74. The lowest BCUT2D eigenvalue weighted by molar-refractivity contribution is -0.137. The van der Waals surface area contributed by atoms with Crippen molar-refractivity contribution in [2.75, 3.05) is 18.4 Å². The maximum Gasteiger partial charge on any atom is 0.264 e. The van der Waals surface area contributed by atoms with Gasteiger partial charge in [0.05, 0.1) is 4.88 Å². The molecule has 2 aliphatic rings. The molecule has 30 heavy (non-hydrogen) atoms. The zero-order valence-corrected chi connectivity index (χ0v) is 18.0. The van der Waals surface area contributed by atoms with Gasteiger partial charge in [-0.05, 0) is 54.0 Å². The van der Waals surface area contributed by atoms with Crippen molar-refractivity contribution in [3.05, 3.63) is 51.7 Å². The van der Waals surface area contributed by atoms with Crippen molar-refractivity contribution in [2.24, 2.45) is 0 Å². The fourth-order valence-corrected chi connectivity index (χ4v) is 4.89. The molecule has 1 aromatic carbocycles. The Balaban J connectivity index is 1.64. The molecular weight excluding hydrogens is 398 g/mol. The number of thiophene rings is 1. The smallest absolute Gasteiger partial charge is 0.264 e. The second kappa shape index (κ2) is 9.00. The molecule has 6 nitrogen and oxygen atoms in total. The van der Waals surface area contributed by atoms with E-state index >= 15 is 0 Å². The van der Waals surface area contributed by atoms with E-state index in [9.17, 15) is 14.4 Å². The summed E-state index contributed by atoms with van der Waals surface area (Å²) in [7, 11) is 0. The van der Waals surface area contributed by atoms with Crippen molar-refractivity contribution in [1.29, 1.82) is 0 Å². The molecule has 2 aromatic rings. The molecule has 0 bridgehead atoms. The maximum absolute atomic E-state index is 13.4. The summed E-state index contributed by atoms with van der Waals surface area (Å²) in [5.41, 5.74) is 2.77. The molecule has 158 valence electrons. The van der Waals surface area contributed by atoms with Gasteiger partial charge in [0, 0.05) is 38.2 Å². The number of fused-ring (bicyclic) bond motifs is 1. The lowest BCUT2D eigenvalue weighted by atomic mass is 9.92. The highest BCUT2D eigenvalue weighted by Gasteiger charge is 2.37. The summed E-state index contributed by atoms with van der Waals surface area (Å²) in [5, 5.41) is 4.76. The van der Waals surface area contributed by atoms with Crippen LogP contribution in [0.25, 0.3) is 0 Å². The highest BCUT2D eigenvalue weighted by molar-refractivity contribution is 7.12. The van der Waals surface area contributed by atoms with Crippen LogP contribution >= 0.6 is 11.3 Å². The van der Waals surface area contributed by atoms with Crippen LogP contribution in [0.5, 0.6) is 0 Å². The molecule has 0 radical (unpaired) electrons. The Hall–Kier alpha value is -2.67. The van der Waals surface area contributed by atoms with Gasteiger partial charge >= 0.3 is 0 Å². The van der Waals surface area contributed by atoms with Gasteiger partial charge in [0.2, 0.25) is 11.8 Å². The normalized spacial score (nSPS) is 18.6. The van der Waals surface area contributed by atoms with Gasteiger partial charge in [0.25, 0.3) is 5.91 Å². The predicted molar refractivity (Wildman–Crippen MR) is 117 cm³/mol. The topological polar surface area (TPSA) is 69.7 Å². The van der Waals surface area contributed by atoms with Crippen molar-refractivity contribution in [3.63, 3.8) is 0 Å². The molecule has 0 aliphatic carbocycles. The lowest BCUT2D eigenvalue weighted by Gasteiger charge is -2.39. The predicted octanol–water partition coefficient (Wildman–Crippen LogP) is 3.68. The van der Waals surface area contributed by atoms with Gasteiger partial charge in [-0.15, -0.1) is 11.3 Å². The standard InChI is InChI=1S/C23H27N3O3S/c1-2-21(27)24-18-9-8-16-14-19(22(28)25-10-4-3-5-11-25)26(15-17(16)13-18)23(29)20-7-6-12-30-20/h6-9,12-13,19H,2-5,10-11,14-15H2,1H3,(H,24,27)/t19-/m0/s1. The van der Waals surface area contributed by atoms with Gasteiger partial charge < -0.3 is 15.1 Å². The van der Waals surface area contributed by atoms with Crippen molar-refractivity contribution in [2.45, 2.75) is 51.6 Å². The minimum Gasteiger partial charge on any atom is -0.341 e. The van der Waals surface area contributed by atoms with Gasteiger partial charge in [0.1, 0.15) is 6.04 Å². The van der Waals surface area contributed by atoms with E-state index in [1.807, 2.05) is 47.5 Å². The second-order valence-electron chi connectivity index (χ2n) is 7.90. The highest BCUT2D eigenvalue weighted by Crippen LogP contribution is 2.30. The number of anilines is 1. The van der Waals surface area contributed by atoms with E-state index in [-0.39, 0.29) is 17.7 Å². The number of benzene rings is 1. The van der Waals surface area contributed by atoms with Crippen LogP contribution in [0.4, 0.5) is 5.69 Å². The Kier molecular flexibility index (Phi) is 6.18. The van der Waals surface area contributed by atoms with Crippen molar-refractivity contribution in [3.8, 4) is 0 Å². The molecule has 3 amide bonds. The third-order valence-electron chi connectivity index (χ3n) is 5.89. The first kappa shape index (κ1) is 20.6. The molecule has 1 aromatic heterocycles. The Bertz CT molecular complexity index is 935. The van der Waals surface area contributed by atoms with Crippen molar-refractivity contribution < 1.29 is 14.4 Å². The van der Waals surface area contributed by atoms with E-state index < -0.39 is 6.04 Å². The maximum atomic E-state index is 13.4. The summed E-state index contributed by atoms with van der Waals surface area (Å²) >= 11 is 1.40. The molecular formula is C23H27N3O3S. The molecule has 2 aliphatic heterocycles. The fourth-order valence-electron chi connectivity index (χ4n) is 4.21. The molecule has 0 spiro atoms. The number of carbonyl (C=O) groups excluding carboxylic acids is 3. The van der Waals surface area contributed by atoms with E-state index in [1.54, 1.807) is 4.90 Å². The molecule has 1 saturated heterocycles. The highest BCUT2D eigenvalue weighted by atomic mass is 32.1. The third kappa shape index (κ3) is 4.26. The van der Waals surface area contributed by atoms with Gasteiger partial charge in [-0.2, -0.15) is 0 Å². The summed E-state index contributed by atoms with van der Waals surface area (Å²) < 4.78 is 0. The number of likely N-dealkylation sites (tertiary alicyclic amines) is 1. The molecule has 7 heteroatoms. The summed E-state index contributed by atoms with van der Waals surface area (Å²) in [6.45, 7) is 3.72. The first-order valence-electron chi connectivity index (χ1n) is 10.6. The number of nitrogens with one attached hydrogen (secondary N) is 1. The van der Waals surface area contributed by atoms with Crippen LogP contribution in [-0.2, 0) is 22.6 Å². The van der Waals surface area contributed by atoms with Crippen LogP contribution in [-0.4, -0.2) is 46.7 Å². The molecule has 1 N–H and O–H groups in total. The van der Waals surface area contributed by atoms with Crippen LogP contribution in [0.15, 0.2) is 35.7 Å². The average Bonchev–Trinajstić information content (AvgIpc) is 3.32. The summed E-state index contributed by atoms with van der Waals surface area (Å²) in [5.74, 6) is -0.0990. The largest absolute Gasteiger partial charge is 0.341 e. The zero-order chi connectivity index (χ0) is 21.1. The minimum absolute atomic E-state index is 0.0459. The van der Waals surface area contributed by atoms with Gasteiger partial charge in [0.15, 0.2) is 0 Å². The lowest BCUT2D eigenvalue weighted by Crippen LogP contribution is -2.54. The summed E-state index contributed by atoms with van der Waals surface area (Å²) in [6.07, 6.45) is 4.11. The van der Waals surface area contributed by atoms with E-state index in [4.69, 9.17) is 0 Å². The number of amides is 3. The average molecular weight is 426 g/mol. The summed E-state index contributed by atoms with van der Waals surface area (Å²) in [6, 6.07) is 8.97. The van der Waals surface area contributed by atoms with Crippen molar-refractivity contribution in [1.82, 2.24) is 9.80 Å². The zero-order valence-electron chi connectivity index (χ0n) is 17.2. The SMILES string of the molecule is CCC(=O)Nc1ccc2c(c1)CN(C(=O)c1cccs1)[C@H](C(=O)N1CCCCC1)C2. The number of rotatable bonds is 4. The van der Waals surface area contributed by atoms with E-state index in [0.29, 0.717) is 24.3 Å². The molecule has 3 heterocycles. The number of hydrogen-bond acceptors (Lipinski definition) is 4. The molecule has 0 unspecified atom stereocenters.